The van der Waals surface area contributed by atoms with Crippen LogP contribution in [0.2, 0.25) is 0 Å². The Bertz CT molecular complexity index is 43.4. The van der Waals surface area contributed by atoms with E-state index in [0.29, 0.717) is 0 Å². The van der Waals surface area contributed by atoms with Crippen LogP contribution >= 0.6 is 0 Å². The van der Waals surface area contributed by atoms with Gasteiger partial charge in [0.15, 0.2) is 0 Å². The van der Waals surface area contributed by atoms with E-state index < -0.39 is 18.3 Å². The van der Waals surface area contributed by atoms with Gasteiger partial charge in [-0.1, -0.05) is 41.5 Å². The maximum atomic E-state index is 9.53. The molecule has 0 rings (SSSR count). The maximum Gasteiger partial charge on any atom is 3.00 e. The van der Waals surface area contributed by atoms with Crippen molar-refractivity contribution in [2.24, 2.45) is 0 Å². The van der Waals surface area contributed by atoms with E-state index in [0.717, 1.165) is 0 Å². The molecule has 0 amide bonds. The minimum atomic E-state index is -0.417. The normalized spacial score (nSPS) is 8.31. The standard InChI is InChI=1S/3C3H7O.La/c3*1-3(2)4;/h3*3H,1-2H3;/q3*-1;+3. The molecule has 0 N–H and O–H groups in total. The molecule has 0 saturated carbocycles. The Kier molecular flexibility index (Phi) is 34.2. The summed E-state index contributed by atoms with van der Waals surface area (Å²) in [6.07, 6.45) is -1.25. The van der Waals surface area contributed by atoms with Gasteiger partial charge >= 0.3 is 35.6 Å². The van der Waals surface area contributed by atoms with E-state index >= 15 is 0 Å². The molecule has 0 unspecified atom stereocenters. The zero-order chi connectivity index (χ0) is 10.7. The summed E-state index contributed by atoms with van der Waals surface area (Å²) >= 11 is 0. The molecule has 0 fully saturated rings. The van der Waals surface area contributed by atoms with Gasteiger partial charge in [-0.05, 0) is 0 Å². The quantitative estimate of drug-likeness (QED) is 0.591. The zero-order valence-electron chi connectivity index (χ0n) is 9.53. The minimum absolute atomic E-state index is 0. The van der Waals surface area contributed by atoms with Crippen molar-refractivity contribution in [3.05, 3.63) is 0 Å². The predicted molar refractivity (Wildman–Crippen MR) is 45.4 cm³/mol. The van der Waals surface area contributed by atoms with E-state index in [-0.39, 0.29) is 35.6 Å². The van der Waals surface area contributed by atoms with Gasteiger partial charge in [-0.15, -0.1) is 18.3 Å². The van der Waals surface area contributed by atoms with E-state index in [1.807, 2.05) is 0 Å². The van der Waals surface area contributed by atoms with Crippen LogP contribution in [0.4, 0.5) is 0 Å². The van der Waals surface area contributed by atoms with Crippen LogP contribution in [0.15, 0.2) is 0 Å². The fraction of sp³-hybridized carbons (Fsp3) is 1.00. The fourth-order valence-electron chi connectivity index (χ4n) is 0. The Morgan fingerprint density at radius 3 is 0.538 bits per heavy atom. The molecule has 78 valence electrons. The summed E-state index contributed by atoms with van der Waals surface area (Å²) in [5, 5.41) is 28.6. The summed E-state index contributed by atoms with van der Waals surface area (Å²) in [4.78, 5) is 0. The Hall–Kier alpha value is 1.07. The molecular weight excluding hydrogens is 295 g/mol. The smallest absolute Gasteiger partial charge is 0.852 e. The first-order chi connectivity index (χ1) is 5.20. The third-order valence-electron chi connectivity index (χ3n) is 0. The third kappa shape index (κ3) is 1390. The van der Waals surface area contributed by atoms with E-state index in [4.69, 9.17) is 0 Å². The van der Waals surface area contributed by atoms with Gasteiger partial charge in [0.1, 0.15) is 0 Å². The topological polar surface area (TPSA) is 69.2 Å². The second-order valence-electron chi connectivity index (χ2n) is 3.15. The van der Waals surface area contributed by atoms with Gasteiger partial charge in [0, 0.05) is 0 Å². The van der Waals surface area contributed by atoms with Crippen LogP contribution in [0.1, 0.15) is 41.5 Å². The van der Waals surface area contributed by atoms with Crippen LogP contribution in [-0.2, 0) is 0 Å². The van der Waals surface area contributed by atoms with E-state index in [2.05, 4.69) is 0 Å². The average molecular weight is 316 g/mol. The summed E-state index contributed by atoms with van der Waals surface area (Å²) in [7, 11) is 0. The van der Waals surface area contributed by atoms with Crippen molar-refractivity contribution in [1.29, 1.82) is 0 Å². The van der Waals surface area contributed by atoms with Crippen LogP contribution in [0.25, 0.3) is 0 Å². The van der Waals surface area contributed by atoms with Crippen molar-refractivity contribution in [1.82, 2.24) is 0 Å². The molecule has 0 heterocycles. The summed E-state index contributed by atoms with van der Waals surface area (Å²) < 4.78 is 0. The van der Waals surface area contributed by atoms with Gasteiger partial charge in [-0.2, -0.15) is 0 Å². The first-order valence-electron chi connectivity index (χ1n) is 4.17. The molecule has 0 bridgehead atoms. The number of hydrogen-bond acceptors (Lipinski definition) is 3. The van der Waals surface area contributed by atoms with Gasteiger partial charge in [0.25, 0.3) is 0 Å². The summed E-state index contributed by atoms with van der Waals surface area (Å²) in [6.45, 7) is 9.67. The van der Waals surface area contributed by atoms with E-state index in [9.17, 15) is 15.3 Å². The molecule has 0 aromatic rings. The zero-order valence-corrected chi connectivity index (χ0v) is 13.2. The number of hydrogen-bond donors (Lipinski definition) is 0. The van der Waals surface area contributed by atoms with Crippen molar-refractivity contribution in [2.75, 3.05) is 0 Å². The molecule has 0 aromatic carbocycles. The van der Waals surface area contributed by atoms with Crippen molar-refractivity contribution in [2.45, 2.75) is 59.9 Å². The molecule has 0 atom stereocenters. The monoisotopic (exact) mass is 316 g/mol. The van der Waals surface area contributed by atoms with Gasteiger partial charge < -0.3 is 15.3 Å². The molecule has 4 heteroatoms. The van der Waals surface area contributed by atoms with Crippen molar-refractivity contribution in [3.8, 4) is 0 Å². The number of rotatable bonds is 0. The molecule has 0 aliphatic rings. The molecule has 3 nitrogen and oxygen atoms in total. The Labute approximate surface area is 110 Å². The van der Waals surface area contributed by atoms with Gasteiger partial charge in [-0.25, -0.2) is 0 Å². The second kappa shape index (κ2) is 18.8. The first kappa shape index (κ1) is 23.7. The van der Waals surface area contributed by atoms with Crippen molar-refractivity contribution >= 4 is 0 Å². The van der Waals surface area contributed by atoms with Crippen LogP contribution in [-0.4, -0.2) is 18.3 Å². The molecular formula is C9H21LaO3. The molecule has 0 aromatic heterocycles. The molecule has 13 heavy (non-hydrogen) atoms. The summed E-state index contributed by atoms with van der Waals surface area (Å²) in [6, 6.07) is 0. The van der Waals surface area contributed by atoms with Crippen molar-refractivity contribution < 1.29 is 50.9 Å². The van der Waals surface area contributed by atoms with Gasteiger partial charge in [-0.3, -0.25) is 0 Å². The Balaban J connectivity index is -0.0000000450. The molecule has 0 aliphatic heterocycles. The maximum absolute atomic E-state index is 9.53. The summed E-state index contributed by atoms with van der Waals surface area (Å²) in [5.74, 6) is 0. The second-order valence-corrected chi connectivity index (χ2v) is 3.15. The van der Waals surface area contributed by atoms with E-state index in [1.54, 1.807) is 41.5 Å². The average Bonchev–Trinajstić information content (AvgIpc) is 1.54. The predicted octanol–water partition coefficient (Wildman–Crippen LogP) is -0.735. The van der Waals surface area contributed by atoms with Gasteiger partial charge in [0.2, 0.25) is 0 Å². The largest absolute Gasteiger partial charge is 3.00 e. The Morgan fingerprint density at radius 2 is 0.538 bits per heavy atom. The first-order valence-corrected chi connectivity index (χ1v) is 4.17. The van der Waals surface area contributed by atoms with Crippen molar-refractivity contribution in [3.63, 3.8) is 0 Å². The van der Waals surface area contributed by atoms with Gasteiger partial charge in [0.05, 0.1) is 0 Å². The molecule has 0 saturated heterocycles. The SMILES string of the molecule is CC(C)[O-].CC(C)[O-].CC(C)[O-].[La+3]. The van der Waals surface area contributed by atoms with E-state index in [1.165, 1.54) is 0 Å². The third-order valence-corrected chi connectivity index (χ3v) is 0. The van der Waals surface area contributed by atoms with Crippen LogP contribution in [0.3, 0.4) is 0 Å². The fourth-order valence-corrected chi connectivity index (χ4v) is 0. The molecule has 0 radical (unpaired) electrons. The summed E-state index contributed by atoms with van der Waals surface area (Å²) in [5.41, 5.74) is 0. The van der Waals surface area contributed by atoms with Crippen LogP contribution < -0.4 is 15.3 Å². The van der Waals surface area contributed by atoms with Crippen LogP contribution in [0, 0.1) is 35.6 Å². The van der Waals surface area contributed by atoms with Crippen LogP contribution in [0.5, 0.6) is 0 Å². The minimum Gasteiger partial charge on any atom is -0.852 e. The molecule has 0 spiro atoms. The molecule has 0 aliphatic carbocycles. The Morgan fingerprint density at radius 1 is 0.538 bits per heavy atom.